The molecular weight excluding hydrogens is 248 g/mol. The lowest BCUT2D eigenvalue weighted by atomic mass is 9.87. The molecule has 2 N–H and O–H groups in total. The fourth-order valence-electron chi connectivity index (χ4n) is 1.81. The molecule has 0 rings (SSSR count). The van der Waals surface area contributed by atoms with Crippen molar-refractivity contribution in [2.75, 3.05) is 6.26 Å². The highest BCUT2D eigenvalue weighted by atomic mass is 32.2. The summed E-state index contributed by atoms with van der Waals surface area (Å²) in [7, 11) is -3.75. The van der Waals surface area contributed by atoms with Crippen LogP contribution < -0.4 is 0 Å². The molecule has 0 fully saturated rings. The van der Waals surface area contributed by atoms with Crippen LogP contribution in [0.2, 0.25) is 0 Å². The first-order valence-electron chi connectivity index (χ1n) is 5.47. The van der Waals surface area contributed by atoms with Gasteiger partial charge in [0.2, 0.25) is 0 Å². The van der Waals surface area contributed by atoms with Gasteiger partial charge in [-0.3, -0.25) is 8.98 Å². The summed E-state index contributed by atoms with van der Waals surface area (Å²) in [6.45, 7) is 3.47. The third kappa shape index (κ3) is 5.47. The molecule has 7 heteroatoms. The summed E-state index contributed by atoms with van der Waals surface area (Å²) >= 11 is 0. The van der Waals surface area contributed by atoms with Crippen LogP contribution in [0.1, 0.15) is 39.5 Å². The van der Waals surface area contributed by atoms with Crippen molar-refractivity contribution in [3.8, 4) is 0 Å². The maximum Gasteiger partial charge on any atom is 0.306 e. The summed E-state index contributed by atoms with van der Waals surface area (Å²) in [4.78, 5) is 10.6. The predicted octanol–water partition coefficient (Wildman–Crippen LogP) is 0.747. The molecule has 2 atom stereocenters. The largest absolute Gasteiger partial charge is 0.481 e. The lowest BCUT2D eigenvalue weighted by Gasteiger charge is -2.35. The van der Waals surface area contributed by atoms with Crippen LogP contribution in [0.25, 0.3) is 0 Å². The van der Waals surface area contributed by atoms with Gasteiger partial charge in [-0.25, -0.2) is 0 Å². The second-order valence-electron chi connectivity index (χ2n) is 4.07. The van der Waals surface area contributed by atoms with Crippen molar-refractivity contribution < 1.29 is 27.6 Å². The number of carboxylic acid groups (broad SMARTS) is 1. The van der Waals surface area contributed by atoms with Gasteiger partial charge in [-0.2, -0.15) is 8.42 Å². The number of hydrogen-bond acceptors (Lipinski definition) is 5. The molecule has 0 aromatic rings. The fourth-order valence-corrected chi connectivity index (χ4v) is 2.73. The maximum absolute atomic E-state index is 11.2. The first-order chi connectivity index (χ1) is 7.67. The van der Waals surface area contributed by atoms with Gasteiger partial charge in [0.15, 0.2) is 0 Å². The van der Waals surface area contributed by atoms with E-state index >= 15 is 0 Å². The minimum absolute atomic E-state index is 0.225. The molecule has 0 radical (unpaired) electrons. The van der Waals surface area contributed by atoms with Crippen LogP contribution >= 0.6 is 0 Å². The number of carboxylic acids is 1. The molecule has 0 aliphatic carbocycles. The summed E-state index contributed by atoms with van der Waals surface area (Å²) in [6, 6.07) is 0. The number of aliphatic hydroxyl groups is 1. The Morgan fingerprint density at radius 3 is 2.24 bits per heavy atom. The number of carbonyl (C=O) groups is 1. The van der Waals surface area contributed by atoms with E-state index in [0.29, 0.717) is 6.42 Å². The van der Waals surface area contributed by atoms with Crippen LogP contribution in [0.4, 0.5) is 0 Å². The fraction of sp³-hybridized carbons (Fsp3) is 0.900. The topological polar surface area (TPSA) is 101 Å². The van der Waals surface area contributed by atoms with Gasteiger partial charge in [0.1, 0.15) is 5.60 Å². The van der Waals surface area contributed by atoms with Gasteiger partial charge in [0, 0.05) is 0 Å². The average Bonchev–Trinajstić information content (AvgIpc) is 2.13. The second kappa shape index (κ2) is 6.32. The number of aliphatic hydroxyl groups excluding tert-OH is 1. The maximum atomic E-state index is 11.2. The molecule has 6 nitrogen and oxygen atoms in total. The Labute approximate surface area is 102 Å². The summed E-state index contributed by atoms with van der Waals surface area (Å²) in [5, 5.41) is 18.5. The zero-order chi connectivity index (χ0) is 13.7. The molecule has 2 unspecified atom stereocenters. The number of hydrogen-bond donors (Lipinski definition) is 2. The summed E-state index contributed by atoms with van der Waals surface area (Å²) in [5.74, 6) is -1.19. The summed E-state index contributed by atoms with van der Waals surface area (Å²) in [5.41, 5.74) is -1.35. The highest BCUT2D eigenvalue weighted by molar-refractivity contribution is 7.86. The van der Waals surface area contributed by atoms with Crippen molar-refractivity contribution in [3.05, 3.63) is 0 Å². The summed E-state index contributed by atoms with van der Waals surface area (Å²) in [6.07, 6.45) is 0.0943. The molecule has 0 saturated heterocycles. The Morgan fingerprint density at radius 2 is 1.94 bits per heavy atom. The Balaban J connectivity index is 5.12. The van der Waals surface area contributed by atoms with Crippen LogP contribution in [-0.4, -0.2) is 42.6 Å². The van der Waals surface area contributed by atoms with Crippen molar-refractivity contribution in [1.82, 2.24) is 0 Å². The van der Waals surface area contributed by atoms with Crippen LogP contribution in [0.15, 0.2) is 0 Å². The summed E-state index contributed by atoms with van der Waals surface area (Å²) < 4.78 is 27.3. The molecule has 17 heavy (non-hydrogen) atoms. The molecule has 0 aliphatic rings. The van der Waals surface area contributed by atoms with Gasteiger partial charge >= 0.3 is 5.97 Å². The standard InChI is InChI=1S/C10H20O6S/c1-4-6-10(5-2,16-17(3,14)15)8(11)7-9(12)13/h8,11H,4-7H2,1-3H3,(H,12,13). The Kier molecular flexibility index (Phi) is 6.08. The van der Waals surface area contributed by atoms with E-state index in [9.17, 15) is 18.3 Å². The normalized spacial score (nSPS) is 17.4. The van der Waals surface area contributed by atoms with Crippen LogP contribution in [-0.2, 0) is 19.1 Å². The van der Waals surface area contributed by atoms with Crippen molar-refractivity contribution in [3.63, 3.8) is 0 Å². The van der Waals surface area contributed by atoms with Gasteiger partial charge in [-0.15, -0.1) is 0 Å². The SMILES string of the molecule is CCCC(CC)(OS(C)(=O)=O)C(O)CC(=O)O. The van der Waals surface area contributed by atoms with Gasteiger partial charge in [-0.05, 0) is 12.8 Å². The molecule has 0 bridgehead atoms. The zero-order valence-corrected chi connectivity index (χ0v) is 11.2. The van der Waals surface area contributed by atoms with Crippen LogP contribution in [0.5, 0.6) is 0 Å². The first-order valence-corrected chi connectivity index (χ1v) is 7.29. The average molecular weight is 268 g/mol. The van der Waals surface area contributed by atoms with Gasteiger partial charge in [-0.1, -0.05) is 20.3 Å². The molecule has 0 saturated carbocycles. The Morgan fingerprint density at radius 1 is 1.41 bits per heavy atom. The minimum atomic E-state index is -3.75. The van der Waals surface area contributed by atoms with Gasteiger partial charge in [0.25, 0.3) is 10.1 Å². The number of rotatable bonds is 8. The molecule has 0 aliphatic heterocycles. The van der Waals surface area contributed by atoms with Crippen molar-refractivity contribution in [2.45, 2.75) is 51.2 Å². The van der Waals surface area contributed by atoms with Crippen molar-refractivity contribution in [1.29, 1.82) is 0 Å². The zero-order valence-electron chi connectivity index (χ0n) is 10.3. The molecule has 0 heterocycles. The quantitative estimate of drug-likeness (QED) is 0.630. The monoisotopic (exact) mass is 268 g/mol. The third-order valence-corrected chi connectivity index (χ3v) is 3.20. The molecule has 102 valence electrons. The molecule has 0 spiro atoms. The molecule has 0 amide bonds. The molecular formula is C10H20O6S. The van der Waals surface area contributed by atoms with E-state index < -0.39 is 34.2 Å². The third-order valence-electron chi connectivity index (χ3n) is 2.56. The lowest BCUT2D eigenvalue weighted by molar-refractivity contribution is -0.144. The smallest absolute Gasteiger partial charge is 0.306 e. The van der Waals surface area contributed by atoms with Crippen molar-refractivity contribution in [2.24, 2.45) is 0 Å². The second-order valence-corrected chi connectivity index (χ2v) is 5.64. The van der Waals surface area contributed by atoms with E-state index in [4.69, 9.17) is 9.29 Å². The van der Waals surface area contributed by atoms with E-state index in [0.717, 1.165) is 6.26 Å². The van der Waals surface area contributed by atoms with Gasteiger partial charge in [0.05, 0.1) is 18.8 Å². The van der Waals surface area contributed by atoms with Crippen LogP contribution in [0, 0.1) is 0 Å². The van der Waals surface area contributed by atoms with E-state index in [1.807, 2.05) is 6.92 Å². The first kappa shape index (κ1) is 16.3. The van der Waals surface area contributed by atoms with Gasteiger partial charge < -0.3 is 10.2 Å². The van der Waals surface area contributed by atoms with E-state index in [1.54, 1.807) is 6.92 Å². The lowest BCUT2D eigenvalue weighted by Crippen LogP contribution is -2.46. The van der Waals surface area contributed by atoms with E-state index in [1.165, 1.54) is 0 Å². The Bertz CT molecular complexity index is 350. The molecule has 0 aromatic heterocycles. The predicted molar refractivity (Wildman–Crippen MR) is 62.1 cm³/mol. The highest BCUT2D eigenvalue weighted by Crippen LogP contribution is 2.30. The Hall–Kier alpha value is -0.660. The van der Waals surface area contributed by atoms with E-state index in [2.05, 4.69) is 0 Å². The van der Waals surface area contributed by atoms with E-state index in [-0.39, 0.29) is 12.8 Å². The van der Waals surface area contributed by atoms with Crippen molar-refractivity contribution >= 4 is 16.1 Å². The van der Waals surface area contributed by atoms with Crippen LogP contribution in [0.3, 0.4) is 0 Å². The minimum Gasteiger partial charge on any atom is -0.481 e. The number of aliphatic carboxylic acids is 1. The molecule has 0 aromatic carbocycles. The highest BCUT2D eigenvalue weighted by Gasteiger charge is 2.40.